The van der Waals surface area contributed by atoms with Crippen molar-refractivity contribution in [3.8, 4) is 0 Å². The summed E-state index contributed by atoms with van der Waals surface area (Å²) in [5, 5.41) is 3.06. The number of hydrogen-bond donors (Lipinski definition) is 3. The minimum absolute atomic E-state index is 0.145. The maximum absolute atomic E-state index is 12.1. The quantitative estimate of drug-likeness (QED) is 0.346. The van der Waals surface area contributed by atoms with Gasteiger partial charge in [-0.15, -0.1) is 11.3 Å². The number of esters is 1. The molecular weight excluding hydrogens is 418 g/mol. The van der Waals surface area contributed by atoms with Crippen LogP contribution in [0.2, 0.25) is 0 Å². The van der Waals surface area contributed by atoms with Crippen LogP contribution in [-0.4, -0.2) is 45.6 Å². The van der Waals surface area contributed by atoms with E-state index in [1.807, 2.05) is 0 Å². The Morgan fingerprint density at radius 1 is 1.14 bits per heavy atom. The number of primary amides is 1. The molecule has 0 fully saturated rings. The number of fused-ring (bicyclic) bond motifs is 1. The number of nitrogens with two attached hydrogens (primary N) is 1. The molecule has 2 amide bonds. The number of thiophene rings is 1. The second-order valence-corrected chi connectivity index (χ2v) is 9.90. The highest BCUT2D eigenvalue weighted by molar-refractivity contribution is 7.88. The molecular formula is C18H27N3O6S2. The van der Waals surface area contributed by atoms with Gasteiger partial charge in [-0.2, -0.15) is 0 Å². The molecule has 1 aliphatic carbocycles. The zero-order valence-electron chi connectivity index (χ0n) is 16.4. The van der Waals surface area contributed by atoms with Crippen LogP contribution in [0.15, 0.2) is 0 Å². The number of amides is 2. The minimum Gasteiger partial charge on any atom is -0.456 e. The topological polar surface area (TPSA) is 145 Å². The first-order valence-corrected chi connectivity index (χ1v) is 12.2. The van der Waals surface area contributed by atoms with Crippen LogP contribution in [0.4, 0.5) is 5.00 Å². The lowest BCUT2D eigenvalue weighted by Gasteiger charge is -2.11. The number of hydrogen-bond acceptors (Lipinski definition) is 7. The van der Waals surface area contributed by atoms with Gasteiger partial charge in [-0.3, -0.25) is 14.4 Å². The molecule has 0 spiro atoms. The normalized spacial score (nSPS) is 13.6. The number of ether oxygens (including phenoxy) is 1. The van der Waals surface area contributed by atoms with Crippen molar-refractivity contribution in [1.82, 2.24) is 4.72 Å². The predicted octanol–water partition coefficient (Wildman–Crippen LogP) is 1.32. The number of rotatable bonds is 11. The van der Waals surface area contributed by atoms with Crippen LogP contribution in [0.3, 0.4) is 0 Å². The first kappa shape index (κ1) is 23.3. The summed E-state index contributed by atoms with van der Waals surface area (Å²) in [4.78, 5) is 36.7. The Kier molecular flexibility index (Phi) is 8.60. The van der Waals surface area contributed by atoms with E-state index < -0.39 is 34.4 Å². The molecule has 0 aliphatic heterocycles. The average molecular weight is 446 g/mol. The predicted molar refractivity (Wildman–Crippen MR) is 110 cm³/mol. The van der Waals surface area contributed by atoms with Crippen LogP contribution in [0.25, 0.3) is 0 Å². The monoisotopic (exact) mass is 445 g/mol. The third-order valence-corrected chi connectivity index (χ3v) is 6.39. The minimum atomic E-state index is -3.20. The summed E-state index contributed by atoms with van der Waals surface area (Å²) in [6, 6.07) is 0. The third kappa shape index (κ3) is 7.75. The van der Waals surface area contributed by atoms with E-state index in [2.05, 4.69) is 10.0 Å². The van der Waals surface area contributed by atoms with Gasteiger partial charge in [-0.25, -0.2) is 13.1 Å². The summed E-state index contributed by atoms with van der Waals surface area (Å²) in [5.74, 6) is -1.59. The van der Waals surface area contributed by atoms with Gasteiger partial charge in [0.05, 0.1) is 11.8 Å². The molecule has 0 saturated carbocycles. The van der Waals surface area contributed by atoms with Gasteiger partial charge in [-0.1, -0.05) is 6.42 Å². The van der Waals surface area contributed by atoms with Gasteiger partial charge in [0.25, 0.3) is 11.8 Å². The van der Waals surface area contributed by atoms with E-state index in [9.17, 15) is 22.8 Å². The molecule has 1 aromatic rings. The maximum Gasteiger partial charge on any atom is 0.306 e. The lowest BCUT2D eigenvalue weighted by molar-refractivity contribution is -0.147. The van der Waals surface area contributed by atoms with Crippen molar-refractivity contribution in [2.45, 2.75) is 51.4 Å². The van der Waals surface area contributed by atoms with E-state index in [1.54, 1.807) is 0 Å². The Morgan fingerprint density at radius 3 is 2.55 bits per heavy atom. The summed E-state index contributed by atoms with van der Waals surface area (Å²) < 4.78 is 29.2. The summed E-state index contributed by atoms with van der Waals surface area (Å²) in [6.45, 7) is -0.113. The molecule has 2 rings (SSSR count). The summed E-state index contributed by atoms with van der Waals surface area (Å²) in [6.07, 6.45) is 6.71. The smallest absolute Gasteiger partial charge is 0.306 e. The summed E-state index contributed by atoms with van der Waals surface area (Å²) in [5.41, 5.74) is 6.78. The van der Waals surface area contributed by atoms with E-state index >= 15 is 0 Å². The van der Waals surface area contributed by atoms with Crippen LogP contribution in [0, 0.1) is 0 Å². The zero-order chi connectivity index (χ0) is 21.4. The fourth-order valence-corrected chi connectivity index (χ4v) is 4.95. The Morgan fingerprint density at radius 2 is 1.86 bits per heavy atom. The molecule has 1 heterocycles. The van der Waals surface area contributed by atoms with Gasteiger partial charge in [0, 0.05) is 17.8 Å². The molecule has 0 radical (unpaired) electrons. The van der Waals surface area contributed by atoms with Gasteiger partial charge in [0.2, 0.25) is 10.0 Å². The molecule has 1 aliphatic rings. The zero-order valence-corrected chi connectivity index (χ0v) is 18.0. The molecule has 29 heavy (non-hydrogen) atoms. The van der Waals surface area contributed by atoms with Crippen molar-refractivity contribution in [3.63, 3.8) is 0 Å². The molecule has 9 nitrogen and oxygen atoms in total. The van der Waals surface area contributed by atoms with E-state index in [4.69, 9.17) is 10.5 Å². The Labute approximate surface area is 174 Å². The van der Waals surface area contributed by atoms with Crippen LogP contribution in [0.5, 0.6) is 0 Å². The Bertz CT molecular complexity index is 863. The highest BCUT2D eigenvalue weighted by Crippen LogP contribution is 2.37. The van der Waals surface area contributed by atoms with E-state index in [0.29, 0.717) is 36.4 Å². The molecule has 0 atom stereocenters. The van der Waals surface area contributed by atoms with E-state index in [0.717, 1.165) is 42.4 Å². The SMILES string of the molecule is CS(=O)(=O)NCCCCCC(=O)OCC(=O)Nc1sc2c(c1C(N)=O)CCCC2. The van der Waals surface area contributed by atoms with E-state index in [-0.39, 0.29) is 6.42 Å². The number of anilines is 1. The van der Waals surface area contributed by atoms with Gasteiger partial charge < -0.3 is 15.8 Å². The number of nitrogens with one attached hydrogen (secondary N) is 2. The largest absolute Gasteiger partial charge is 0.456 e. The molecule has 0 unspecified atom stereocenters. The van der Waals surface area contributed by atoms with Gasteiger partial charge in [0.15, 0.2) is 6.61 Å². The van der Waals surface area contributed by atoms with E-state index in [1.165, 1.54) is 11.3 Å². The number of carbonyl (C=O) groups excluding carboxylic acids is 3. The number of carbonyl (C=O) groups is 3. The lowest BCUT2D eigenvalue weighted by Crippen LogP contribution is -2.23. The second kappa shape index (κ2) is 10.7. The standard InChI is InChI=1S/C18H27N3O6S2/c1-29(25,26)20-10-6-2-3-9-15(23)27-11-14(22)21-18-16(17(19)24)12-7-4-5-8-13(12)28-18/h20H,2-11H2,1H3,(H2,19,24)(H,21,22). The maximum atomic E-state index is 12.1. The number of aryl methyl sites for hydroxylation is 1. The Hall–Kier alpha value is -1.98. The molecule has 0 aromatic carbocycles. The van der Waals surface area contributed by atoms with Crippen molar-refractivity contribution in [2.24, 2.45) is 5.73 Å². The van der Waals surface area contributed by atoms with Gasteiger partial charge >= 0.3 is 5.97 Å². The van der Waals surface area contributed by atoms with Crippen molar-refractivity contribution in [1.29, 1.82) is 0 Å². The molecule has 11 heteroatoms. The summed E-state index contributed by atoms with van der Waals surface area (Å²) >= 11 is 1.35. The second-order valence-electron chi connectivity index (χ2n) is 6.97. The van der Waals surface area contributed by atoms with Crippen LogP contribution >= 0.6 is 11.3 Å². The third-order valence-electron chi connectivity index (χ3n) is 4.46. The van der Waals surface area contributed by atoms with Crippen LogP contribution in [-0.2, 0) is 37.2 Å². The Balaban J connectivity index is 1.72. The number of unbranched alkanes of at least 4 members (excludes halogenated alkanes) is 2. The first-order chi connectivity index (χ1) is 13.7. The molecule has 0 bridgehead atoms. The molecule has 1 aromatic heterocycles. The van der Waals surface area contributed by atoms with Crippen LogP contribution < -0.4 is 15.8 Å². The van der Waals surface area contributed by atoms with Crippen molar-refractivity contribution >= 4 is 44.1 Å². The van der Waals surface area contributed by atoms with Gasteiger partial charge in [0.1, 0.15) is 5.00 Å². The van der Waals surface area contributed by atoms with Crippen molar-refractivity contribution in [3.05, 3.63) is 16.0 Å². The summed E-state index contributed by atoms with van der Waals surface area (Å²) in [7, 11) is -3.20. The highest BCUT2D eigenvalue weighted by atomic mass is 32.2. The lowest BCUT2D eigenvalue weighted by atomic mass is 9.95. The number of sulfonamides is 1. The van der Waals surface area contributed by atoms with Crippen molar-refractivity contribution in [2.75, 3.05) is 24.7 Å². The van der Waals surface area contributed by atoms with Gasteiger partial charge in [-0.05, 0) is 44.1 Å². The molecule has 0 saturated heterocycles. The highest BCUT2D eigenvalue weighted by Gasteiger charge is 2.25. The van der Waals surface area contributed by atoms with Crippen molar-refractivity contribution < 1.29 is 27.5 Å². The fraction of sp³-hybridized carbons (Fsp3) is 0.611. The fourth-order valence-electron chi connectivity index (χ4n) is 3.12. The molecule has 4 N–H and O–H groups in total. The molecule has 162 valence electrons. The van der Waals surface area contributed by atoms with Crippen LogP contribution in [0.1, 0.15) is 59.3 Å². The average Bonchev–Trinajstić information content (AvgIpc) is 2.99. The first-order valence-electron chi connectivity index (χ1n) is 9.52.